The van der Waals surface area contributed by atoms with E-state index in [4.69, 9.17) is 23.2 Å². The Bertz CT molecular complexity index is 672. The maximum atomic E-state index is 11.9. The molecule has 0 aliphatic heterocycles. The third-order valence-corrected chi connectivity index (χ3v) is 4.00. The third kappa shape index (κ3) is 3.47. The second-order valence-electron chi connectivity index (χ2n) is 3.81. The summed E-state index contributed by atoms with van der Waals surface area (Å²) < 4.78 is 0.641. The number of hydrogen-bond acceptors (Lipinski definition) is 4. The van der Waals surface area contributed by atoms with Gasteiger partial charge in [0, 0.05) is 17.0 Å². The Morgan fingerprint density at radius 1 is 1.30 bits per heavy atom. The van der Waals surface area contributed by atoms with Crippen LogP contribution in [0.5, 0.6) is 0 Å². The molecular weight excluding hydrogens is 323 g/mol. The van der Waals surface area contributed by atoms with Crippen molar-refractivity contribution in [2.45, 2.75) is 6.54 Å². The molecule has 0 radical (unpaired) electrons. The summed E-state index contributed by atoms with van der Waals surface area (Å²) in [6.45, 7) is 0.323. The van der Waals surface area contributed by atoms with Crippen LogP contribution >= 0.6 is 34.5 Å². The summed E-state index contributed by atoms with van der Waals surface area (Å²) >= 11 is 13.0. The van der Waals surface area contributed by atoms with Gasteiger partial charge >= 0.3 is 0 Å². The number of amides is 1. The Hall–Kier alpha value is -1.63. The molecular formula is C12H8Cl2N2O3S. The molecule has 0 spiro atoms. The van der Waals surface area contributed by atoms with Crippen molar-refractivity contribution in [2.75, 3.05) is 0 Å². The second kappa shape index (κ2) is 6.21. The highest BCUT2D eigenvalue weighted by Gasteiger charge is 2.14. The van der Waals surface area contributed by atoms with Crippen LogP contribution in [0.1, 0.15) is 15.2 Å². The first kappa shape index (κ1) is 14.8. The van der Waals surface area contributed by atoms with Crippen molar-refractivity contribution in [3.05, 3.63) is 60.2 Å². The smallest absolute Gasteiger partial charge is 0.270 e. The fourth-order valence-electron chi connectivity index (χ4n) is 1.51. The van der Waals surface area contributed by atoms with Gasteiger partial charge < -0.3 is 5.32 Å². The van der Waals surface area contributed by atoms with Crippen LogP contribution in [-0.2, 0) is 6.54 Å². The van der Waals surface area contributed by atoms with Crippen LogP contribution in [0.15, 0.2) is 30.3 Å². The second-order valence-corrected chi connectivity index (χ2v) is 6.02. The van der Waals surface area contributed by atoms with Gasteiger partial charge in [0.05, 0.1) is 26.4 Å². The Labute approximate surface area is 128 Å². The van der Waals surface area contributed by atoms with E-state index in [9.17, 15) is 14.9 Å². The van der Waals surface area contributed by atoms with Crippen LogP contribution in [0.25, 0.3) is 0 Å². The Balaban J connectivity index is 2.07. The standard InChI is InChI=1S/C12H8Cl2N2O3S/c13-10-5-7(16(18)19)1-3-9(10)12(17)15-6-8-2-4-11(14)20-8/h1-5H,6H2,(H,15,17). The predicted octanol–water partition coefficient (Wildman–Crippen LogP) is 3.89. The van der Waals surface area contributed by atoms with Gasteiger partial charge in [0.25, 0.3) is 11.6 Å². The van der Waals surface area contributed by atoms with E-state index < -0.39 is 10.8 Å². The first-order valence-corrected chi connectivity index (χ1v) is 7.01. The van der Waals surface area contributed by atoms with Crippen LogP contribution in [0.4, 0.5) is 5.69 Å². The largest absolute Gasteiger partial charge is 0.347 e. The highest BCUT2D eigenvalue weighted by Crippen LogP contribution is 2.23. The van der Waals surface area contributed by atoms with Crippen molar-refractivity contribution < 1.29 is 9.72 Å². The van der Waals surface area contributed by atoms with E-state index in [1.807, 2.05) is 6.07 Å². The molecule has 0 fully saturated rings. The predicted molar refractivity (Wildman–Crippen MR) is 78.6 cm³/mol. The van der Waals surface area contributed by atoms with Gasteiger partial charge in [-0.2, -0.15) is 0 Å². The number of carbonyl (C=O) groups excluding carboxylic acids is 1. The number of halogens is 2. The zero-order chi connectivity index (χ0) is 14.7. The van der Waals surface area contributed by atoms with Gasteiger partial charge in [-0.1, -0.05) is 23.2 Å². The number of nitro benzene ring substituents is 1. The molecule has 8 heteroatoms. The molecule has 5 nitrogen and oxygen atoms in total. The molecule has 1 heterocycles. The van der Waals surface area contributed by atoms with Crippen molar-refractivity contribution in [2.24, 2.45) is 0 Å². The number of rotatable bonds is 4. The third-order valence-electron chi connectivity index (χ3n) is 2.46. The van der Waals surface area contributed by atoms with Gasteiger partial charge in [0.15, 0.2) is 0 Å². The van der Waals surface area contributed by atoms with E-state index in [1.54, 1.807) is 6.07 Å². The Morgan fingerprint density at radius 3 is 2.60 bits per heavy atom. The summed E-state index contributed by atoms with van der Waals surface area (Å²) in [5, 5.41) is 13.3. The number of thiophene rings is 1. The highest BCUT2D eigenvalue weighted by atomic mass is 35.5. The van der Waals surface area contributed by atoms with Crippen molar-refractivity contribution >= 4 is 46.1 Å². The molecule has 0 atom stereocenters. The number of benzene rings is 1. The lowest BCUT2D eigenvalue weighted by molar-refractivity contribution is -0.384. The van der Waals surface area contributed by atoms with Crippen LogP contribution in [-0.4, -0.2) is 10.8 Å². The number of non-ortho nitro benzene ring substituents is 1. The lowest BCUT2D eigenvalue weighted by Crippen LogP contribution is -2.22. The van der Waals surface area contributed by atoms with Gasteiger partial charge in [-0.05, 0) is 18.2 Å². The minimum atomic E-state index is -0.568. The molecule has 1 amide bonds. The molecule has 20 heavy (non-hydrogen) atoms. The molecule has 0 aliphatic carbocycles. The van der Waals surface area contributed by atoms with E-state index in [0.717, 1.165) is 10.9 Å². The minimum absolute atomic E-state index is 0.0425. The van der Waals surface area contributed by atoms with Crippen molar-refractivity contribution in [3.8, 4) is 0 Å². The summed E-state index contributed by atoms with van der Waals surface area (Å²) in [7, 11) is 0. The molecule has 2 rings (SSSR count). The maximum Gasteiger partial charge on any atom is 0.270 e. The van der Waals surface area contributed by atoms with Gasteiger partial charge in [0.1, 0.15) is 0 Å². The quantitative estimate of drug-likeness (QED) is 0.682. The van der Waals surface area contributed by atoms with E-state index in [-0.39, 0.29) is 16.3 Å². The van der Waals surface area contributed by atoms with Crippen LogP contribution in [0.3, 0.4) is 0 Å². The number of hydrogen-bond donors (Lipinski definition) is 1. The molecule has 0 saturated carbocycles. The Morgan fingerprint density at radius 2 is 2.05 bits per heavy atom. The number of nitrogens with zero attached hydrogens (tertiary/aromatic N) is 1. The molecule has 0 saturated heterocycles. The number of nitro groups is 1. The van der Waals surface area contributed by atoms with E-state index in [2.05, 4.69) is 5.32 Å². The highest BCUT2D eigenvalue weighted by molar-refractivity contribution is 7.16. The molecule has 0 unspecified atom stereocenters. The Kier molecular flexibility index (Phi) is 4.59. The van der Waals surface area contributed by atoms with E-state index in [1.165, 1.54) is 23.5 Å². The van der Waals surface area contributed by atoms with Crippen LogP contribution in [0.2, 0.25) is 9.36 Å². The average molecular weight is 331 g/mol. The maximum absolute atomic E-state index is 11.9. The summed E-state index contributed by atoms with van der Waals surface area (Å²) in [5.41, 5.74) is 0.0384. The van der Waals surface area contributed by atoms with Crippen molar-refractivity contribution in [1.29, 1.82) is 0 Å². The van der Waals surface area contributed by atoms with E-state index >= 15 is 0 Å². The normalized spacial score (nSPS) is 10.3. The fraction of sp³-hybridized carbons (Fsp3) is 0.0833. The summed E-state index contributed by atoms with van der Waals surface area (Å²) in [4.78, 5) is 22.9. The zero-order valence-electron chi connectivity index (χ0n) is 9.93. The topological polar surface area (TPSA) is 72.2 Å². The SMILES string of the molecule is O=C(NCc1ccc(Cl)s1)c1ccc([N+](=O)[O-])cc1Cl. The van der Waals surface area contributed by atoms with Crippen LogP contribution < -0.4 is 5.32 Å². The first-order valence-electron chi connectivity index (χ1n) is 5.43. The monoisotopic (exact) mass is 330 g/mol. The van der Waals surface area contributed by atoms with Crippen molar-refractivity contribution in [3.63, 3.8) is 0 Å². The molecule has 1 aromatic heterocycles. The summed E-state index contributed by atoms with van der Waals surface area (Å²) in [6, 6.07) is 7.27. The molecule has 0 aliphatic rings. The number of nitrogens with one attached hydrogen (secondary N) is 1. The van der Waals surface area contributed by atoms with Gasteiger partial charge in [-0.25, -0.2) is 0 Å². The van der Waals surface area contributed by atoms with Gasteiger partial charge in [0.2, 0.25) is 0 Å². The molecule has 2 aromatic rings. The van der Waals surface area contributed by atoms with Gasteiger partial charge in [-0.3, -0.25) is 14.9 Å². The lowest BCUT2D eigenvalue weighted by atomic mass is 10.2. The van der Waals surface area contributed by atoms with E-state index in [0.29, 0.717) is 10.9 Å². The summed E-state index contributed by atoms with van der Waals surface area (Å²) in [6.07, 6.45) is 0. The summed E-state index contributed by atoms with van der Waals surface area (Å²) in [5.74, 6) is -0.394. The molecule has 1 aromatic carbocycles. The minimum Gasteiger partial charge on any atom is -0.347 e. The lowest BCUT2D eigenvalue weighted by Gasteiger charge is -2.05. The molecule has 0 bridgehead atoms. The van der Waals surface area contributed by atoms with Crippen molar-refractivity contribution in [1.82, 2.24) is 5.32 Å². The molecule has 104 valence electrons. The molecule has 1 N–H and O–H groups in total. The zero-order valence-corrected chi connectivity index (χ0v) is 12.3. The first-order chi connectivity index (χ1) is 9.47. The van der Waals surface area contributed by atoms with Gasteiger partial charge in [-0.15, -0.1) is 11.3 Å². The fourth-order valence-corrected chi connectivity index (χ4v) is 2.80. The van der Waals surface area contributed by atoms with Crippen LogP contribution in [0, 0.1) is 10.1 Å². The number of carbonyl (C=O) groups is 1. The average Bonchev–Trinajstić information content (AvgIpc) is 2.81.